The maximum Gasteiger partial charge on any atom is 0.377 e. The molecule has 3 rings (SSSR count). The van der Waals surface area contributed by atoms with Crippen LogP contribution in [0.5, 0.6) is 23.1 Å². The third-order valence-electron chi connectivity index (χ3n) is 3.76. The van der Waals surface area contributed by atoms with Crippen molar-refractivity contribution in [1.29, 1.82) is 0 Å². The van der Waals surface area contributed by atoms with Gasteiger partial charge in [-0.3, -0.25) is 4.79 Å². The SMILES string of the molecule is COc1cc2ncnc(Oc3cc(F)c(C(=O)C(=O)O)c(F)c3)c2cc1OC. The van der Waals surface area contributed by atoms with E-state index < -0.39 is 29.0 Å². The number of ether oxygens (including phenoxy) is 3. The zero-order valence-electron chi connectivity index (χ0n) is 14.5. The minimum atomic E-state index is -1.98. The molecule has 0 fully saturated rings. The molecule has 0 saturated carbocycles. The Labute approximate surface area is 156 Å². The van der Waals surface area contributed by atoms with Gasteiger partial charge in [0.25, 0.3) is 5.78 Å². The fraction of sp³-hybridized carbons (Fsp3) is 0.111. The van der Waals surface area contributed by atoms with E-state index in [9.17, 15) is 18.4 Å². The van der Waals surface area contributed by atoms with Gasteiger partial charge < -0.3 is 19.3 Å². The number of hydrogen-bond acceptors (Lipinski definition) is 7. The lowest BCUT2D eigenvalue weighted by molar-refractivity contribution is -0.131. The summed E-state index contributed by atoms with van der Waals surface area (Å²) in [4.78, 5) is 30.1. The number of methoxy groups -OCH3 is 2. The van der Waals surface area contributed by atoms with E-state index in [1.807, 2.05) is 0 Å². The van der Waals surface area contributed by atoms with Crippen molar-refractivity contribution in [3.8, 4) is 23.1 Å². The number of aromatic nitrogens is 2. The molecule has 8 nitrogen and oxygen atoms in total. The van der Waals surface area contributed by atoms with Gasteiger partial charge in [0.15, 0.2) is 11.5 Å². The molecule has 28 heavy (non-hydrogen) atoms. The van der Waals surface area contributed by atoms with Gasteiger partial charge in [-0.1, -0.05) is 0 Å². The monoisotopic (exact) mass is 390 g/mol. The predicted octanol–water partition coefficient (Wildman–Crippen LogP) is 2.98. The second kappa shape index (κ2) is 7.43. The van der Waals surface area contributed by atoms with Crippen LogP contribution < -0.4 is 14.2 Å². The predicted molar refractivity (Wildman–Crippen MR) is 91.0 cm³/mol. The zero-order chi connectivity index (χ0) is 20.4. The number of carboxylic acid groups (broad SMARTS) is 1. The van der Waals surface area contributed by atoms with E-state index >= 15 is 0 Å². The Morgan fingerprint density at radius 1 is 0.964 bits per heavy atom. The lowest BCUT2D eigenvalue weighted by Gasteiger charge is -2.12. The normalized spacial score (nSPS) is 10.6. The molecular weight excluding hydrogens is 378 g/mol. The van der Waals surface area contributed by atoms with Gasteiger partial charge in [-0.25, -0.2) is 23.5 Å². The fourth-order valence-electron chi connectivity index (χ4n) is 2.49. The minimum Gasteiger partial charge on any atom is -0.493 e. The number of aliphatic carboxylic acids is 1. The van der Waals surface area contributed by atoms with Crippen molar-refractivity contribution in [3.63, 3.8) is 0 Å². The highest BCUT2D eigenvalue weighted by Gasteiger charge is 2.25. The number of benzene rings is 2. The van der Waals surface area contributed by atoms with Gasteiger partial charge >= 0.3 is 5.97 Å². The average molecular weight is 390 g/mol. The molecule has 0 aliphatic carbocycles. The molecule has 0 radical (unpaired) electrons. The smallest absolute Gasteiger partial charge is 0.377 e. The van der Waals surface area contributed by atoms with Crippen molar-refractivity contribution < 1.29 is 37.7 Å². The lowest BCUT2D eigenvalue weighted by Crippen LogP contribution is -2.16. The summed E-state index contributed by atoms with van der Waals surface area (Å²) in [6.45, 7) is 0. The van der Waals surface area contributed by atoms with Crippen LogP contribution in [-0.4, -0.2) is 41.0 Å². The van der Waals surface area contributed by atoms with E-state index in [1.54, 1.807) is 6.07 Å². The summed E-state index contributed by atoms with van der Waals surface area (Å²) in [7, 11) is 2.88. The van der Waals surface area contributed by atoms with Gasteiger partial charge in [-0.2, -0.15) is 0 Å². The number of carbonyl (C=O) groups excluding carboxylic acids is 1. The van der Waals surface area contributed by atoms with Crippen LogP contribution in [0.3, 0.4) is 0 Å². The molecule has 3 aromatic rings. The van der Waals surface area contributed by atoms with Gasteiger partial charge in [-0.05, 0) is 6.07 Å². The maximum absolute atomic E-state index is 14.1. The van der Waals surface area contributed by atoms with Gasteiger partial charge in [0.05, 0.1) is 25.1 Å². The quantitative estimate of drug-likeness (QED) is 0.506. The van der Waals surface area contributed by atoms with Crippen molar-refractivity contribution in [2.24, 2.45) is 0 Å². The standard InChI is InChI=1S/C18H12F2N2O6/c1-26-13-5-9-12(6-14(13)27-2)21-7-22-17(9)28-8-3-10(19)15(11(20)4-8)16(23)18(24)25/h3-7H,1-2H3,(H,24,25). The first-order valence-corrected chi connectivity index (χ1v) is 7.67. The molecule has 10 heteroatoms. The minimum absolute atomic E-state index is 0.0398. The Bertz CT molecular complexity index is 1080. The van der Waals surface area contributed by atoms with Crippen LogP contribution in [-0.2, 0) is 4.79 Å². The van der Waals surface area contributed by atoms with Gasteiger partial charge in [0.2, 0.25) is 5.88 Å². The summed E-state index contributed by atoms with van der Waals surface area (Å²) in [5.41, 5.74) is -0.764. The number of fused-ring (bicyclic) bond motifs is 1. The van der Waals surface area contributed by atoms with Crippen LogP contribution in [0.4, 0.5) is 8.78 Å². The van der Waals surface area contributed by atoms with Gasteiger partial charge in [0.1, 0.15) is 29.3 Å². The number of hydrogen-bond donors (Lipinski definition) is 1. The van der Waals surface area contributed by atoms with E-state index in [0.29, 0.717) is 34.5 Å². The third-order valence-corrected chi connectivity index (χ3v) is 3.76. The highest BCUT2D eigenvalue weighted by atomic mass is 19.1. The number of carboxylic acids is 1. The Hall–Kier alpha value is -3.82. The molecular formula is C18H12F2N2O6. The summed E-state index contributed by atoms with van der Waals surface area (Å²) < 4.78 is 44.0. The fourth-order valence-corrected chi connectivity index (χ4v) is 2.49. The molecule has 1 heterocycles. The summed E-state index contributed by atoms with van der Waals surface area (Å²) in [5, 5.41) is 9.01. The van der Waals surface area contributed by atoms with Crippen molar-refractivity contribution in [3.05, 3.63) is 47.8 Å². The third kappa shape index (κ3) is 3.39. The topological polar surface area (TPSA) is 108 Å². The Balaban J connectivity index is 2.06. The van der Waals surface area contributed by atoms with Gasteiger partial charge in [0, 0.05) is 18.2 Å². The molecule has 0 amide bonds. The van der Waals surface area contributed by atoms with E-state index in [4.69, 9.17) is 19.3 Å². The molecule has 2 aromatic carbocycles. The van der Waals surface area contributed by atoms with Crippen LogP contribution in [0.2, 0.25) is 0 Å². The molecule has 144 valence electrons. The second-order valence-corrected chi connectivity index (χ2v) is 5.40. The number of ketones is 1. The van der Waals surface area contributed by atoms with Crippen LogP contribution in [0.1, 0.15) is 10.4 Å². The molecule has 0 bridgehead atoms. The first-order valence-electron chi connectivity index (χ1n) is 7.67. The first-order chi connectivity index (χ1) is 13.3. The zero-order valence-corrected chi connectivity index (χ0v) is 14.5. The summed E-state index contributed by atoms with van der Waals surface area (Å²) in [6, 6.07) is 4.47. The Morgan fingerprint density at radius 2 is 1.57 bits per heavy atom. The number of halogens is 2. The van der Waals surface area contributed by atoms with E-state index in [1.165, 1.54) is 26.6 Å². The molecule has 0 unspecified atom stereocenters. The second-order valence-electron chi connectivity index (χ2n) is 5.40. The van der Waals surface area contributed by atoms with Crippen molar-refractivity contribution in [1.82, 2.24) is 9.97 Å². The van der Waals surface area contributed by atoms with Crippen molar-refractivity contribution in [2.75, 3.05) is 14.2 Å². The maximum atomic E-state index is 14.1. The summed E-state index contributed by atoms with van der Waals surface area (Å²) in [6.07, 6.45) is 1.18. The number of Topliss-reactive ketones (excluding diaryl/α,β-unsaturated/α-hetero) is 1. The van der Waals surface area contributed by atoms with Gasteiger partial charge in [-0.15, -0.1) is 0 Å². The molecule has 1 aromatic heterocycles. The lowest BCUT2D eigenvalue weighted by atomic mass is 10.1. The Morgan fingerprint density at radius 3 is 2.14 bits per heavy atom. The van der Waals surface area contributed by atoms with E-state index in [2.05, 4.69) is 9.97 Å². The number of carbonyl (C=O) groups is 2. The molecule has 0 atom stereocenters. The van der Waals surface area contributed by atoms with Crippen LogP contribution in [0.15, 0.2) is 30.6 Å². The number of rotatable bonds is 6. The summed E-state index contributed by atoms with van der Waals surface area (Å²) in [5.74, 6) is -6.03. The van der Waals surface area contributed by atoms with Crippen LogP contribution in [0.25, 0.3) is 10.9 Å². The van der Waals surface area contributed by atoms with Crippen LogP contribution in [0, 0.1) is 11.6 Å². The molecule has 0 aliphatic heterocycles. The Kier molecular flexibility index (Phi) is 5.03. The molecule has 0 saturated heterocycles. The molecule has 0 spiro atoms. The highest BCUT2D eigenvalue weighted by molar-refractivity contribution is 6.40. The first kappa shape index (κ1) is 19.0. The number of nitrogens with zero attached hydrogens (tertiary/aromatic N) is 2. The highest BCUT2D eigenvalue weighted by Crippen LogP contribution is 2.36. The summed E-state index contributed by atoms with van der Waals surface area (Å²) >= 11 is 0. The van der Waals surface area contributed by atoms with Crippen LogP contribution >= 0.6 is 0 Å². The van der Waals surface area contributed by atoms with Crippen molar-refractivity contribution >= 4 is 22.7 Å². The molecule has 1 N–H and O–H groups in total. The molecule has 0 aliphatic rings. The average Bonchev–Trinajstić information content (AvgIpc) is 2.66. The van der Waals surface area contributed by atoms with Crippen molar-refractivity contribution in [2.45, 2.75) is 0 Å². The largest absolute Gasteiger partial charge is 0.493 e. The van der Waals surface area contributed by atoms with E-state index in [0.717, 1.165) is 0 Å². The van der Waals surface area contributed by atoms with E-state index in [-0.39, 0.29) is 11.6 Å².